The smallest absolute Gasteiger partial charge is 0.343 e. The molecule has 0 saturated heterocycles. The monoisotopic (exact) mass is 450 g/mol. The number of hydrogen-bond acceptors (Lipinski definition) is 6. The number of carbonyl (C=O) groups excluding carboxylic acids is 4. The van der Waals surface area contributed by atoms with E-state index >= 15 is 0 Å². The van der Waals surface area contributed by atoms with Crippen LogP contribution in [-0.4, -0.2) is 52.7 Å². The number of nitro groups is 1. The lowest BCUT2D eigenvalue weighted by Crippen LogP contribution is -2.38. The van der Waals surface area contributed by atoms with Crippen LogP contribution in [0.15, 0.2) is 42.5 Å². The van der Waals surface area contributed by atoms with Crippen LogP contribution in [-0.2, 0) is 4.79 Å². The van der Waals surface area contributed by atoms with Gasteiger partial charge in [0.1, 0.15) is 18.7 Å². The van der Waals surface area contributed by atoms with Gasteiger partial charge in [0.2, 0.25) is 5.91 Å². The Morgan fingerprint density at radius 3 is 2.38 bits per heavy atom. The van der Waals surface area contributed by atoms with Gasteiger partial charge < -0.3 is 10.6 Å². The number of nitro benzene ring substituents is 1. The molecule has 2 aromatic rings. The number of benzene rings is 2. The molecule has 0 saturated carbocycles. The van der Waals surface area contributed by atoms with Crippen LogP contribution in [0.4, 0.5) is 24.5 Å². The number of anilines is 1. The first-order valence-corrected chi connectivity index (χ1v) is 8.87. The summed E-state index contributed by atoms with van der Waals surface area (Å²) in [6.45, 7) is -2.41. The molecule has 10 nitrogen and oxygen atoms in total. The van der Waals surface area contributed by atoms with Crippen LogP contribution in [0.5, 0.6) is 0 Å². The number of hydrogen-bond donors (Lipinski definition) is 2. The van der Waals surface area contributed by atoms with Crippen molar-refractivity contribution in [1.82, 2.24) is 10.2 Å². The molecular weight excluding hydrogens is 437 g/mol. The third-order valence-electron chi connectivity index (χ3n) is 4.37. The van der Waals surface area contributed by atoms with Gasteiger partial charge in [-0.25, -0.2) is 0 Å². The highest BCUT2D eigenvalue weighted by Crippen LogP contribution is 2.30. The number of nitrogens with zero attached hydrogens (tertiary/aromatic N) is 2. The fraction of sp³-hybridized carbons (Fsp3) is 0.158. The molecule has 1 heterocycles. The third kappa shape index (κ3) is 4.55. The molecule has 2 aromatic carbocycles. The Morgan fingerprint density at radius 2 is 1.72 bits per heavy atom. The molecule has 0 aromatic heterocycles. The summed E-state index contributed by atoms with van der Waals surface area (Å²) in [5, 5.41) is 15.1. The van der Waals surface area contributed by atoms with Crippen LogP contribution in [0.3, 0.4) is 0 Å². The Hall–Kier alpha value is -4.29. The quantitative estimate of drug-likeness (QED) is 0.393. The fourth-order valence-corrected chi connectivity index (χ4v) is 3.01. The SMILES string of the molecule is O=C(CN1C(=O)c2cccc([N+](=O)[O-])c2C1=O)Nc1ccccc1C(=O)NCC(F)(F)F. The van der Waals surface area contributed by atoms with Gasteiger partial charge in [0.25, 0.3) is 23.4 Å². The van der Waals surface area contributed by atoms with E-state index in [1.54, 1.807) is 5.32 Å². The summed E-state index contributed by atoms with van der Waals surface area (Å²) in [7, 11) is 0. The number of alkyl halides is 3. The van der Waals surface area contributed by atoms with Gasteiger partial charge in [-0.3, -0.25) is 34.2 Å². The van der Waals surface area contributed by atoms with Crippen LogP contribution in [0, 0.1) is 10.1 Å². The van der Waals surface area contributed by atoms with Crippen LogP contribution in [0.1, 0.15) is 31.1 Å². The summed E-state index contributed by atoms with van der Waals surface area (Å²) in [5.41, 5.74) is -1.69. The van der Waals surface area contributed by atoms with Crippen molar-refractivity contribution in [1.29, 1.82) is 0 Å². The van der Waals surface area contributed by atoms with Crippen LogP contribution in [0.2, 0.25) is 0 Å². The molecule has 0 aliphatic carbocycles. The molecule has 1 aliphatic heterocycles. The molecule has 0 bridgehead atoms. The van der Waals surface area contributed by atoms with E-state index in [1.165, 1.54) is 36.4 Å². The van der Waals surface area contributed by atoms with E-state index in [4.69, 9.17) is 0 Å². The highest BCUT2D eigenvalue weighted by Gasteiger charge is 2.41. The van der Waals surface area contributed by atoms with Gasteiger partial charge in [0.15, 0.2) is 0 Å². The van der Waals surface area contributed by atoms with Gasteiger partial charge in [-0.1, -0.05) is 18.2 Å². The second-order valence-corrected chi connectivity index (χ2v) is 6.54. The number of amides is 4. The van der Waals surface area contributed by atoms with Gasteiger partial charge in [-0.05, 0) is 18.2 Å². The molecule has 0 spiro atoms. The van der Waals surface area contributed by atoms with Crippen molar-refractivity contribution < 1.29 is 37.3 Å². The highest BCUT2D eigenvalue weighted by molar-refractivity contribution is 6.24. The molecule has 32 heavy (non-hydrogen) atoms. The number of carbonyl (C=O) groups is 4. The van der Waals surface area contributed by atoms with E-state index in [2.05, 4.69) is 5.32 Å². The van der Waals surface area contributed by atoms with Crippen LogP contribution in [0.25, 0.3) is 0 Å². The summed E-state index contributed by atoms with van der Waals surface area (Å²) in [6, 6.07) is 8.66. The van der Waals surface area contributed by atoms with Crippen LogP contribution < -0.4 is 10.6 Å². The van der Waals surface area contributed by atoms with Crippen molar-refractivity contribution in [3.63, 3.8) is 0 Å². The van der Waals surface area contributed by atoms with E-state index in [9.17, 15) is 42.5 Å². The summed E-state index contributed by atoms with van der Waals surface area (Å²) in [6.07, 6.45) is -4.64. The van der Waals surface area contributed by atoms with E-state index in [-0.39, 0.29) is 16.8 Å². The maximum absolute atomic E-state index is 12.5. The minimum atomic E-state index is -4.64. The average Bonchev–Trinajstić information content (AvgIpc) is 2.96. The standard InChI is InChI=1S/C19H13F3N4O6/c20-19(21,22)9-23-16(28)10-4-1-2-6-12(10)24-14(27)8-25-17(29)11-5-3-7-13(26(31)32)15(11)18(25)30/h1-7H,8-9H2,(H,23,28)(H,24,27). The molecule has 0 radical (unpaired) electrons. The van der Waals surface area contributed by atoms with Crippen molar-refractivity contribution in [2.45, 2.75) is 6.18 Å². The second kappa shape index (κ2) is 8.45. The average molecular weight is 450 g/mol. The summed E-state index contributed by atoms with van der Waals surface area (Å²) in [4.78, 5) is 60.3. The number of fused-ring (bicyclic) bond motifs is 1. The molecule has 2 N–H and O–H groups in total. The first-order chi connectivity index (χ1) is 15.0. The van der Waals surface area contributed by atoms with Gasteiger partial charge >= 0.3 is 6.18 Å². The Kier molecular flexibility index (Phi) is 5.91. The highest BCUT2D eigenvalue weighted by atomic mass is 19.4. The Bertz CT molecular complexity index is 1150. The number of para-hydroxylation sites is 1. The zero-order valence-corrected chi connectivity index (χ0v) is 15.9. The first kappa shape index (κ1) is 22.4. The molecule has 4 amide bonds. The number of nitrogens with one attached hydrogen (secondary N) is 2. The van der Waals surface area contributed by atoms with E-state index in [0.29, 0.717) is 4.90 Å². The van der Waals surface area contributed by atoms with Crippen molar-refractivity contribution >= 4 is 35.0 Å². The predicted molar refractivity (Wildman–Crippen MR) is 102 cm³/mol. The zero-order chi connectivity index (χ0) is 23.6. The Morgan fingerprint density at radius 1 is 1.03 bits per heavy atom. The number of rotatable bonds is 6. The topological polar surface area (TPSA) is 139 Å². The summed E-state index contributed by atoms with van der Waals surface area (Å²) < 4.78 is 37.0. The lowest BCUT2D eigenvalue weighted by Gasteiger charge is -2.15. The van der Waals surface area contributed by atoms with Gasteiger partial charge in [0, 0.05) is 6.07 Å². The molecule has 0 fully saturated rings. The minimum Gasteiger partial charge on any atom is -0.343 e. The third-order valence-corrected chi connectivity index (χ3v) is 4.37. The van der Waals surface area contributed by atoms with E-state index < -0.39 is 59.1 Å². The van der Waals surface area contributed by atoms with Gasteiger partial charge in [-0.15, -0.1) is 0 Å². The zero-order valence-electron chi connectivity index (χ0n) is 15.9. The maximum Gasteiger partial charge on any atom is 0.405 e. The summed E-state index contributed by atoms with van der Waals surface area (Å²) in [5.74, 6) is -4.00. The van der Waals surface area contributed by atoms with E-state index in [1.807, 2.05) is 0 Å². The second-order valence-electron chi connectivity index (χ2n) is 6.54. The molecule has 3 rings (SSSR count). The summed E-state index contributed by atoms with van der Waals surface area (Å²) >= 11 is 0. The fourth-order valence-electron chi connectivity index (χ4n) is 3.01. The molecule has 166 valence electrons. The minimum absolute atomic E-state index is 0.153. The van der Waals surface area contributed by atoms with Crippen molar-refractivity contribution in [2.75, 3.05) is 18.4 Å². The van der Waals surface area contributed by atoms with Gasteiger partial charge in [0.05, 0.1) is 21.7 Å². The van der Waals surface area contributed by atoms with Gasteiger partial charge in [-0.2, -0.15) is 13.2 Å². The molecule has 1 aliphatic rings. The predicted octanol–water partition coefficient (Wildman–Crippen LogP) is 2.12. The number of imide groups is 1. The van der Waals surface area contributed by atoms with Crippen molar-refractivity contribution in [3.05, 3.63) is 69.3 Å². The molecular formula is C19H13F3N4O6. The number of halogens is 3. The Labute approximate surface area is 177 Å². The van der Waals surface area contributed by atoms with E-state index in [0.717, 1.165) is 6.07 Å². The first-order valence-electron chi connectivity index (χ1n) is 8.87. The normalized spacial score (nSPS) is 13.0. The van der Waals surface area contributed by atoms with Crippen LogP contribution >= 0.6 is 0 Å². The molecule has 13 heteroatoms. The Balaban J connectivity index is 1.75. The van der Waals surface area contributed by atoms with Crippen molar-refractivity contribution in [3.8, 4) is 0 Å². The maximum atomic E-state index is 12.5. The molecule has 0 unspecified atom stereocenters. The van der Waals surface area contributed by atoms with Crippen molar-refractivity contribution in [2.24, 2.45) is 0 Å². The molecule has 0 atom stereocenters. The lowest BCUT2D eigenvalue weighted by molar-refractivity contribution is -0.385. The lowest BCUT2D eigenvalue weighted by atomic mass is 10.1. The largest absolute Gasteiger partial charge is 0.405 e.